The number of nitrogens with zero attached hydrogens (tertiary/aromatic N) is 1. The number of ether oxygens (including phenoxy) is 3. The maximum atomic E-state index is 6.59. The maximum Gasteiger partial charge on any atom is 0.0708 e. The van der Waals surface area contributed by atoms with Gasteiger partial charge in [0.2, 0.25) is 0 Å². The van der Waals surface area contributed by atoms with Crippen molar-refractivity contribution >= 4 is 0 Å². The molecule has 30 heavy (non-hydrogen) atoms. The minimum atomic E-state index is 0.0830. The van der Waals surface area contributed by atoms with Crippen molar-refractivity contribution in [1.29, 1.82) is 0 Å². The Hall–Kier alpha value is -0.160. The molecule has 0 N–H and O–H groups in total. The third kappa shape index (κ3) is 7.76. The summed E-state index contributed by atoms with van der Waals surface area (Å²) in [5.41, 5.74) is 0.561. The fourth-order valence-corrected chi connectivity index (χ4v) is 6.36. The summed E-state index contributed by atoms with van der Waals surface area (Å²) in [4.78, 5) is 2.36. The van der Waals surface area contributed by atoms with Crippen LogP contribution in [0.15, 0.2) is 0 Å². The fraction of sp³-hybridized carbons (Fsp3) is 1.00. The third-order valence-electron chi connectivity index (χ3n) is 7.80. The molecule has 2 rings (SSSR count). The highest BCUT2D eigenvalue weighted by Gasteiger charge is 2.53. The second-order valence-electron chi connectivity index (χ2n) is 11.3. The standard InChI is InChI=1S/C26H51NO3/c1-8-22(4)19-27(7)9-10-28-11-12-29-13-14-30-26-17-23(5)15-25(20-26,21(2)3)16-24(6)18-26/h21-24H,8-20H2,1-7H3. The van der Waals surface area contributed by atoms with Crippen LogP contribution in [0, 0.1) is 29.1 Å². The molecular weight excluding hydrogens is 374 g/mol. The van der Waals surface area contributed by atoms with Crippen molar-refractivity contribution in [1.82, 2.24) is 4.90 Å². The summed E-state index contributed by atoms with van der Waals surface area (Å²) in [5, 5.41) is 0. The van der Waals surface area contributed by atoms with Gasteiger partial charge in [-0.25, -0.2) is 0 Å². The first-order valence-corrected chi connectivity index (χ1v) is 12.7. The van der Waals surface area contributed by atoms with Gasteiger partial charge in [-0.2, -0.15) is 0 Å². The lowest BCUT2D eigenvalue weighted by Gasteiger charge is -2.58. The smallest absolute Gasteiger partial charge is 0.0708 e. The van der Waals surface area contributed by atoms with Crippen LogP contribution in [0.2, 0.25) is 0 Å². The molecule has 2 fully saturated rings. The van der Waals surface area contributed by atoms with Gasteiger partial charge in [0, 0.05) is 13.1 Å². The van der Waals surface area contributed by atoms with E-state index < -0.39 is 0 Å². The van der Waals surface area contributed by atoms with Gasteiger partial charge in [0.05, 0.1) is 38.6 Å². The summed E-state index contributed by atoms with van der Waals surface area (Å²) in [5.74, 6) is 3.02. The predicted octanol–water partition coefficient (Wildman–Crippen LogP) is 5.65. The molecule has 4 nitrogen and oxygen atoms in total. The number of fused-ring (bicyclic) bond motifs is 2. The van der Waals surface area contributed by atoms with Gasteiger partial charge >= 0.3 is 0 Å². The fourth-order valence-electron chi connectivity index (χ4n) is 6.36. The summed E-state index contributed by atoms with van der Waals surface area (Å²) in [6.07, 6.45) is 7.68. The van der Waals surface area contributed by atoms with Gasteiger partial charge in [-0.15, -0.1) is 0 Å². The lowest BCUT2D eigenvalue weighted by molar-refractivity contribution is -0.176. The minimum Gasteiger partial charge on any atom is -0.378 e. The van der Waals surface area contributed by atoms with Gasteiger partial charge in [-0.3, -0.25) is 0 Å². The Kier molecular flexibility index (Phi) is 10.6. The highest BCUT2D eigenvalue weighted by Crippen LogP contribution is 2.59. The molecule has 0 heterocycles. The highest BCUT2D eigenvalue weighted by atomic mass is 16.5. The van der Waals surface area contributed by atoms with E-state index in [1.165, 1.54) is 38.5 Å². The van der Waals surface area contributed by atoms with Gasteiger partial charge < -0.3 is 19.1 Å². The molecule has 0 aromatic rings. The SMILES string of the molecule is CCC(C)CN(C)CCOCCOCCOC12CC(C)CC(C(C)C)(CC(C)C1)C2. The molecule has 0 saturated heterocycles. The van der Waals surface area contributed by atoms with E-state index in [4.69, 9.17) is 14.2 Å². The average Bonchev–Trinajstić information content (AvgIpc) is 2.65. The summed E-state index contributed by atoms with van der Waals surface area (Å²) >= 11 is 0. The van der Waals surface area contributed by atoms with Crippen LogP contribution < -0.4 is 0 Å². The normalized spacial score (nSPS) is 32.7. The molecule has 0 spiro atoms. The van der Waals surface area contributed by atoms with E-state index in [1.807, 2.05) is 0 Å². The molecular formula is C26H51NO3. The zero-order valence-corrected chi connectivity index (χ0v) is 21.2. The van der Waals surface area contributed by atoms with Crippen molar-refractivity contribution in [3.8, 4) is 0 Å². The molecule has 0 aliphatic heterocycles. The zero-order valence-electron chi connectivity index (χ0n) is 21.2. The first-order chi connectivity index (χ1) is 14.2. The van der Waals surface area contributed by atoms with E-state index >= 15 is 0 Å². The molecule has 3 atom stereocenters. The van der Waals surface area contributed by atoms with Crippen molar-refractivity contribution in [3.05, 3.63) is 0 Å². The predicted molar refractivity (Wildman–Crippen MR) is 126 cm³/mol. The van der Waals surface area contributed by atoms with Gasteiger partial charge in [-0.05, 0) is 68.2 Å². The first kappa shape index (κ1) is 26.1. The second-order valence-corrected chi connectivity index (χ2v) is 11.3. The molecule has 0 amide bonds. The van der Waals surface area contributed by atoms with Crippen molar-refractivity contribution in [2.45, 2.75) is 85.7 Å². The molecule has 4 heteroatoms. The Bertz CT molecular complexity index is 467. The third-order valence-corrected chi connectivity index (χ3v) is 7.80. The van der Waals surface area contributed by atoms with Gasteiger partial charge in [0.1, 0.15) is 0 Å². The van der Waals surface area contributed by atoms with E-state index in [0.29, 0.717) is 31.8 Å². The van der Waals surface area contributed by atoms with Crippen LogP contribution in [-0.2, 0) is 14.2 Å². The van der Waals surface area contributed by atoms with Crippen LogP contribution in [-0.4, -0.2) is 63.7 Å². The number of likely N-dealkylation sites (N-methyl/N-ethyl adjacent to an activating group) is 1. The van der Waals surface area contributed by atoms with Crippen LogP contribution in [0.3, 0.4) is 0 Å². The highest BCUT2D eigenvalue weighted by molar-refractivity contribution is 5.04. The van der Waals surface area contributed by atoms with Crippen molar-refractivity contribution in [2.24, 2.45) is 29.1 Å². The van der Waals surface area contributed by atoms with Crippen LogP contribution in [0.1, 0.15) is 80.1 Å². The van der Waals surface area contributed by atoms with E-state index in [0.717, 1.165) is 43.4 Å². The van der Waals surface area contributed by atoms with Crippen molar-refractivity contribution in [3.63, 3.8) is 0 Å². The van der Waals surface area contributed by atoms with Crippen LogP contribution in [0.25, 0.3) is 0 Å². The summed E-state index contributed by atoms with van der Waals surface area (Å²) in [7, 11) is 2.18. The molecule has 2 aliphatic rings. The van der Waals surface area contributed by atoms with Gasteiger partial charge in [0.25, 0.3) is 0 Å². The Balaban J connectivity index is 1.61. The first-order valence-electron chi connectivity index (χ1n) is 12.7. The van der Waals surface area contributed by atoms with Crippen molar-refractivity contribution < 1.29 is 14.2 Å². The minimum absolute atomic E-state index is 0.0830. The van der Waals surface area contributed by atoms with Gasteiger partial charge in [0.15, 0.2) is 0 Å². The largest absolute Gasteiger partial charge is 0.378 e. The van der Waals surface area contributed by atoms with E-state index in [9.17, 15) is 0 Å². The molecule has 178 valence electrons. The van der Waals surface area contributed by atoms with E-state index in [2.05, 4.69) is 53.5 Å². The maximum absolute atomic E-state index is 6.59. The molecule has 0 radical (unpaired) electrons. The van der Waals surface area contributed by atoms with E-state index in [-0.39, 0.29) is 5.60 Å². The molecule has 2 saturated carbocycles. The van der Waals surface area contributed by atoms with Crippen LogP contribution >= 0.6 is 0 Å². The molecule has 0 aromatic heterocycles. The Morgan fingerprint density at radius 1 is 0.867 bits per heavy atom. The molecule has 2 aliphatic carbocycles. The number of hydrogen-bond acceptors (Lipinski definition) is 4. The van der Waals surface area contributed by atoms with Crippen molar-refractivity contribution in [2.75, 3.05) is 53.2 Å². The average molecular weight is 426 g/mol. The van der Waals surface area contributed by atoms with Gasteiger partial charge in [-0.1, -0.05) is 48.0 Å². The number of hydrogen-bond donors (Lipinski definition) is 0. The second kappa shape index (κ2) is 12.2. The monoisotopic (exact) mass is 425 g/mol. The molecule has 3 unspecified atom stereocenters. The molecule has 0 aromatic carbocycles. The van der Waals surface area contributed by atoms with Crippen LogP contribution in [0.5, 0.6) is 0 Å². The quantitative estimate of drug-likeness (QED) is 0.337. The summed E-state index contributed by atoms with van der Waals surface area (Å²) < 4.78 is 18.1. The Morgan fingerprint density at radius 2 is 1.43 bits per heavy atom. The Labute approximate surface area is 187 Å². The van der Waals surface area contributed by atoms with Crippen LogP contribution in [0.4, 0.5) is 0 Å². The molecule has 2 bridgehead atoms. The zero-order chi connectivity index (χ0) is 22.2. The summed E-state index contributed by atoms with van der Waals surface area (Å²) in [6, 6.07) is 0. The Morgan fingerprint density at radius 3 is 2.00 bits per heavy atom. The number of rotatable bonds is 14. The lowest BCUT2D eigenvalue weighted by Crippen LogP contribution is -2.53. The lowest BCUT2D eigenvalue weighted by atomic mass is 9.51. The topological polar surface area (TPSA) is 30.9 Å². The van der Waals surface area contributed by atoms with E-state index in [1.54, 1.807) is 0 Å². The summed E-state index contributed by atoms with van der Waals surface area (Å²) in [6.45, 7) is 19.9.